The molecule has 0 amide bonds. The summed E-state index contributed by atoms with van der Waals surface area (Å²) in [6, 6.07) is 10.2. The Bertz CT molecular complexity index is 897. The van der Waals surface area contributed by atoms with Crippen molar-refractivity contribution in [2.24, 2.45) is 22.6 Å². The molecular weight excluding hydrogens is 383 g/mol. The van der Waals surface area contributed by atoms with Gasteiger partial charge in [0.05, 0.1) is 0 Å². The van der Waals surface area contributed by atoms with E-state index in [-0.39, 0.29) is 14.6 Å². The second kappa shape index (κ2) is 9.35. The van der Waals surface area contributed by atoms with E-state index in [1.165, 1.54) is 11.3 Å². The van der Waals surface area contributed by atoms with Crippen molar-refractivity contribution in [1.82, 2.24) is 10.1 Å². The van der Waals surface area contributed by atoms with Gasteiger partial charge in [-0.2, -0.15) is 0 Å². The Balaban J connectivity index is 1.77. The molecule has 0 aliphatic carbocycles. The molecule has 2 unspecified atom stereocenters. The molecule has 1 aromatic carbocycles. The number of nitrogens with two attached hydrogens (primary N) is 2. The van der Waals surface area contributed by atoms with Gasteiger partial charge in [0.25, 0.3) is 0 Å². The van der Waals surface area contributed by atoms with Crippen LogP contribution in [0.5, 0.6) is 0 Å². The number of aryl methyl sites for hydroxylation is 1. The number of hydrazone groups is 1. The fourth-order valence-corrected chi connectivity index (χ4v) is 4.22. The smallest absolute Gasteiger partial charge is 0.171 e. The first-order valence-electron chi connectivity index (χ1n) is 9.59. The minimum absolute atomic E-state index is 0.217. The van der Waals surface area contributed by atoms with Crippen LogP contribution in [-0.4, -0.2) is 35.7 Å². The first-order chi connectivity index (χ1) is 13.9. The van der Waals surface area contributed by atoms with Gasteiger partial charge < -0.3 is 15.5 Å². The summed E-state index contributed by atoms with van der Waals surface area (Å²) in [4.78, 5) is 17.5. The lowest BCUT2D eigenvalue weighted by molar-refractivity contribution is -0.150. The number of pyridine rings is 1. The van der Waals surface area contributed by atoms with Crippen LogP contribution in [-0.2, 0) is 0 Å². The van der Waals surface area contributed by atoms with Crippen LogP contribution < -0.4 is 21.4 Å². The molecule has 0 radical (unpaired) electrons. The summed E-state index contributed by atoms with van der Waals surface area (Å²) in [6.07, 6.45) is 4.51. The standard InChI is InChI=1S/C21H28N6OP/c1-14-10-17(18-4-6-19(24-12-18)21(22)25-26(3)23)5-7-20(14)27-13-16(8-9-29-28)11-15(27)2/h4-7,10,12,16,29H,2,8-9,11,13,23H2,1,3H3,(H2,22,25)/q-1. The first kappa shape index (κ1) is 21.2. The molecule has 3 rings (SSSR count). The van der Waals surface area contributed by atoms with Crippen LogP contribution in [0.25, 0.3) is 11.1 Å². The van der Waals surface area contributed by atoms with Gasteiger partial charge in [-0.3, -0.25) is 4.98 Å². The number of hydrogen-bond donors (Lipinski definition) is 2. The maximum atomic E-state index is 10.8. The minimum atomic E-state index is -0.217. The van der Waals surface area contributed by atoms with Gasteiger partial charge in [-0.15, -0.1) is 5.10 Å². The maximum absolute atomic E-state index is 10.8. The maximum Gasteiger partial charge on any atom is 0.171 e. The molecule has 1 aliphatic rings. The van der Waals surface area contributed by atoms with E-state index in [1.807, 2.05) is 12.1 Å². The van der Waals surface area contributed by atoms with Crippen LogP contribution >= 0.6 is 8.81 Å². The Morgan fingerprint density at radius 3 is 2.76 bits per heavy atom. The zero-order valence-electron chi connectivity index (χ0n) is 16.9. The van der Waals surface area contributed by atoms with Crippen molar-refractivity contribution in [3.05, 3.63) is 60.1 Å². The predicted molar refractivity (Wildman–Crippen MR) is 119 cm³/mol. The summed E-state index contributed by atoms with van der Waals surface area (Å²) in [5.74, 6) is 6.29. The second-order valence-corrected chi connectivity index (χ2v) is 8.21. The molecule has 8 heteroatoms. The molecule has 154 valence electrons. The number of hydrazine groups is 1. The monoisotopic (exact) mass is 411 g/mol. The third-order valence-corrected chi connectivity index (χ3v) is 5.61. The van der Waals surface area contributed by atoms with E-state index >= 15 is 0 Å². The van der Waals surface area contributed by atoms with Crippen molar-refractivity contribution in [3.8, 4) is 11.1 Å². The largest absolute Gasteiger partial charge is 0.832 e. The average Bonchev–Trinajstić information content (AvgIpc) is 3.06. The molecule has 1 saturated heterocycles. The number of nitrogens with zero attached hydrogens (tertiary/aromatic N) is 4. The van der Waals surface area contributed by atoms with E-state index in [0.29, 0.717) is 11.6 Å². The number of benzene rings is 1. The molecule has 1 fully saturated rings. The first-order valence-corrected chi connectivity index (χ1v) is 10.7. The molecule has 2 aromatic rings. The molecule has 29 heavy (non-hydrogen) atoms. The van der Waals surface area contributed by atoms with Gasteiger partial charge in [0.15, 0.2) is 5.84 Å². The summed E-state index contributed by atoms with van der Waals surface area (Å²) in [6.45, 7) is 7.29. The Labute approximate surface area is 173 Å². The fourth-order valence-electron chi connectivity index (χ4n) is 3.70. The molecule has 4 N–H and O–H groups in total. The van der Waals surface area contributed by atoms with Gasteiger partial charge in [0, 0.05) is 36.7 Å². The van der Waals surface area contributed by atoms with Crippen molar-refractivity contribution in [3.63, 3.8) is 0 Å². The third-order valence-electron chi connectivity index (χ3n) is 5.11. The molecule has 0 spiro atoms. The number of allylic oxidation sites excluding steroid dienone is 1. The highest BCUT2D eigenvalue weighted by Crippen LogP contribution is 2.36. The Hall–Kier alpha value is -2.47. The van der Waals surface area contributed by atoms with Crippen molar-refractivity contribution in [2.75, 3.05) is 24.7 Å². The predicted octanol–water partition coefficient (Wildman–Crippen LogP) is 2.17. The number of aromatic nitrogens is 1. The lowest BCUT2D eigenvalue weighted by Gasteiger charge is -2.23. The minimum Gasteiger partial charge on any atom is -0.832 e. The number of amidine groups is 1. The molecule has 0 saturated carbocycles. The van der Waals surface area contributed by atoms with Gasteiger partial charge >= 0.3 is 0 Å². The van der Waals surface area contributed by atoms with Crippen LogP contribution in [0.1, 0.15) is 24.1 Å². The average molecular weight is 411 g/mol. The van der Waals surface area contributed by atoms with E-state index < -0.39 is 0 Å². The van der Waals surface area contributed by atoms with E-state index in [2.05, 4.69) is 46.7 Å². The molecule has 0 bridgehead atoms. The van der Waals surface area contributed by atoms with Gasteiger partial charge in [-0.1, -0.05) is 18.7 Å². The molecule has 7 nitrogen and oxygen atoms in total. The Morgan fingerprint density at radius 2 is 2.14 bits per heavy atom. The highest BCUT2D eigenvalue weighted by molar-refractivity contribution is 7.29. The van der Waals surface area contributed by atoms with E-state index in [9.17, 15) is 4.89 Å². The zero-order valence-corrected chi connectivity index (χ0v) is 17.9. The van der Waals surface area contributed by atoms with Crippen molar-refractivity contribution >= 4 is 20.3 Å². The summed E-state index contributed by atoms with van der Waals surface area (Å²) in [7, 11) is 1.39. The van der Waals surface area contributed by atoms with Gasteiger partial charge in [0.2, 0.25) is 0 Å². The lowest BCUT2D eigenvalue weighted by Crippen LogP contribution is -2.26. The highest BCUT2D eigenvalue weighted by Gasteiger charge is 2.26. The van der Waals surface area contributed by atoms with Gasteiger partial charge in [0.1, 0.15) is 5.69 Å². The SMILES string of the molecule is C=C1CC(CCP[O-])CN1c1ccc(-c2ccc(/C(N)=N/N(C)N)nc2)cc1C. The second-order valence-electron chi connectivity index (χ2n) is 7.42. The van der Waals surface area contributed by atoms with Crippen LogP contribution in [0.3, 0.4) is 0 Å². The Kier molecular flexibility index (Phi) is 6.85. The molecule has 2 heterocycles. The van der Waals surface area contributed by atoms with E-state index in [1.54, 1.807) is 13.2 Å². The molecule has 1 aromatic heterocycles. The number of rotatable bonds is 7. The molecular formula is C21H28N6OP-. The lowest BCUT2D eigenvalue weighted by atomic mass is 10.0. The fraction of sp³-hybridized carbons (Fsp3) is 0.333. The van der Waals surface area contributed by atoms with Crippen LogP contribution in [0.2, 0.25) is 0 Å². The molecule has 2 atom stereocenters. The number of hydrogen-bond acceptors (Lipinski definition) is 6. The van der Waals surface area contributed by atoms with Crippen LogP contribution in [0.4, 0.5) is 5.69 Å². The van der Waals surface area contributed by atoms with Crippen LogP contribution in [0, 0.1) is 12.8 Å². The van der Waals surface area contributed by atoms with Crippen LogP contribution in [0.15, 0.2) is 53.9 Å². The third kappa shape index (κ3) is 5.12. The van der Waals surface area contributed by atoms with Gasteiger partial charge in [-0.25, -0.2) is 19.8 Å². The van der Waals surface area contributed by atoms with Crippen molar-refractivity contribution < 1.29 is 4.89 Å². The zero-order chi connectivity index (χ0) is 21.0. The topological polar surface area (TPSA) is 107 Å². The highest BCUT2D eigenvalue weighted by atomic mass is 31.1. The van der Waals surface area contributed by atoms with E-state index in [0.717, 1.165) is 47.5 Å². The molecule has 1 aliphatic heterocycles. The summed E-state index contributed by atoms with van der Waals surface area (Å²) in [5.41, 5.74) is 12.1. The summed E-state index contributed by atoms with van der Waals surface area (Å²) in [5, 5.41) is 5.12. The summed E-state index contributed by atoms with van der Waals surface area (Å²) < 4.78 is 0. The normalized spacial score (nSPS) is 17.5. The summed E-state index contributed by atoms with van der Waals surface area (Å²) >= 11 is 0. The van der Waals surface area contributed by atoms with Crippen molar-refractivity contribution in [1.29, 1.82) is 0 Å². The van der Waals surface area contributed by atoms with E-state index in [4.69, 9.17) is 11.6 Å². The number of anilines is 1. The van der Waals surface area contributed by atoms with Crippen molar-refractivity contribution in [2.45, 2.75) is 19.8 Å². The quantitative estimate of drug-likeness (QED) is 0.238. The Morgan fingerprint density at radius 1 is 1.38 bits per heavy atom. The van der Waals surface area contributed by atoms with Gasteiger partial charge in [-0.05, 0) is 61.2 Å².